The minimum Gasteiger partial charge on any atom is -0.497 e. The summed E-state index contributed by atoms with van der Waals surface area (Å²) in [6.07, 6.45) is 0.904. The van der Waals surface area contributed by atoms with Gasteiger partial charge in [-0.25, -0.2) is 17.7 Å². The second kappa shape index (κ2) is 9.89. The monoisotopic (exact) mass is 503 g/mol. The number of sulfonamides is 1. The molecule has 0 saturated carbocycles. The number of hydrogen-bond donors (Lipinski definition) is 3. The van der Waals surface area contributed by atoms with Gasteiger partial charge in [0.25, 0.3) is 11.8 Å². The maximum absolute atomic E-state index is 12.7. The van der Waals surface area contributed by atoms with E-state index >= 15 is 0 Å². The van der Waals surface area contributed by atoms with Crippen LogP contribution in [0.4, 0.5) is 21.5 Å². The van der Waals surface area contributed by atoms with Crippen molar-refractivity contribution in [3.8, 4) is 5.75 Å². The van der Waals surface area contributed by atoms with Crippen molar-refractivity contribution >= 4 is 60.6 Å². The first-order chi connectivity index (χ1) is 16.0. The van der Waals surface area contributed by atoms with Crippen LogP contribution in [0.15, 0.2) is 48.5 Å². The summed E-state index contributed by atoms with van der Waals surface area (Å²) in [5.74, 6) is -1.42. The summed E-state index contributed by atoms with van der Waals surface area (Å²) in [5.41, 5.74) is 6.22. The summed E-state index contributed by atoms with van der Waals surface area (Å²) < 4.78 is 29.5. The number of primary amides is 1. The minimum atomic E-state index is -3.83. The first kappa shape index (κ1) is 24.7. The molecule has 11 nitrogen and oxygen atoms in total. The number of carbonyl (C=O) groups is 3. The van der Waals surface area contributed by atoms with E-state index in [1.807, 2.05) is 0 Å². The SMILES string of the molecule is COc1ccc(Nc2nc(C(N)=O)c(NC(=O)c3ccc(N(C(C)=O)S(C)(=O)=O)cc3)s2)cc1. The van der Waals surface area contributed by atoms with Crippen LogP contribution in [-0.2, 0) is 14.8 Å². The molecule has 0 aliphatic heterocycles. The highest BCUT2D eigenvalue weighted by atomic mass is 32.2. The first-order valence-electron chi connectivity index (χ1n) is 9.63. The Morgan fingerprint density at radius 1 is 1.06 bits per heavy atom. The van der Waals surface area contributed by atoms with E-state index in [4.69, 9.17) is 10.5 Å². The van der Waals surface area contributed by atoms with Gasteiger partial charge < -0.3 is 21.1 Å². The summed E-state index contributed by atoms with van der Waals surface area (Å²) in [6, 6.07) is 12.4. The molecule has 178 valence electrons. The zero-order valence-electron chi connectivity index (χ0n) is 18.4. The zero-order chi connectivity index (χ0) is 25.0. The largest absolute Gasteiger partial charge is 0.497 e. The molecule has 13 heteroatoms. The molecular weight excluding hydrogens is 482 g/mol. The Morgan fingerprint density at radius 3 is 2.18 bits per heavy atom. The van der Waals surface area contributed by atoms with E-state index in [1.165, 1.54) is 24.3 Å². The lowest BCUT2D eigenvalue weighted by atomic mass is 10.2. The molecule has 4 N–H and O–H groups in total. The minimum absolute atomic E-state index is 0.0909. The molecule has 0 saturated heterocycles. The molecule has 2 aromatic carbocycles. The topological polar surface area (TPSA) is 161 Å². The molecule has 0 radical (unpaired) electrons. The van der Waals surface area contributed by atoms with Gasteiger partial charge in [0.05, 0.1) is 19.1 Å². The third-order valence-electron chi connectivity index (χ3n) is 4.41. The smallest absolute Gasteiger partial charge is 0.270 e. The molecule has 0 fully saturated rings. The number of thiazole rings is 1. The van der Waals surface area contributed by atoms with Gasteiger partial charge in [-0.2, -0.15) is 0 Å². The van der Waals surface area contributed by atoms with Crippen LogP contribution in [0.25, 0.3) is 0 Å². The lowest BCUT2D eigenvalue weighted by Gasteiger charge is -2.18. The average Bonchev–Trinajstić information content (AvgIpc) is 3.16. The number of nitrogens with two attached hydrogens (primary N) is 1. The maximum Gasteiger partial charge on any atom is 0.270 e. The Hall–Kier alpha value is -3.97. The van der Waals surface area contributed by atoms with Gasteiger partial charge in [-0.05, 0) is 48.5 Å². The fourth-order valence-corrected chi connectivity index (χ4v) is 4.81. The molecule has 3 rings (SSSR count). The summed E-state index contributed by atoms with van der Waals surface area (Å²) in [7, 11) is -2.28. The number of methoxy groups -OCH3 is 1. The lowest BCUT2D eigenvalue weighted by Crippen LogP contribution is -2.34. The molecule has 0 spiro atoms. The highest BCUT2D eigenvalue weighted by Gasteiger charge is 2.23. The van der Waals surface area contributed by atoms with Crippen LogP contribution >= 0.6 is 11.3 Å². The van der Waals surface area contributed by atoms with E-state index < -0.39 is 27.7 Å². The van der Waals surface area contributed by atoms with E-state index in [0.717, 1.165) is 24.5 Å². The van der Waals surface area contributed by atoms with Crippen molar-refractivity contribution in [2.75, 3.05) is 28.3 Å². The molecule has 0 aliphatic carbocycles. The van der Waals surface area contributed by atoms with Crippen LogP contribution < -0.4 is 25.4 Å². The number of nitrogens with one attached hydrogen (secondary N) is 2. The number of amides is 3. The van der Waals surface area contributed by atoms with E-state index in [-0.39, 0.29) is 21.9 Å². The third kappa shape index (κ3) is 5.68. The third-order valence-corrected chi connectivity index (χ3v) is 6.43. The van der Waals surface area contributed by atoms with Gasteiger partial charge in [0.2, 0.25) is 15.9 Å². The molecule has 0 atom stereocenters. The van der Waals surface area contributed by atoms with Crippen molar-refractivity contribution in [3.05, 3.63) is 59.8 Å². The molecule has 1 aromatic heterocycles. The number of hydrogen-bond acceptors (Lipinski definition) is 9. The number of rotatable bonds is 8. The molecule has 0 bridgehead atoms. The Bertz CT molecular complexity index is 1330. The van der Waals surface area contributed by atoms with E-state index in [2.05, 4.69) is 15.6 Å². The van der Waals surface area contributed by atoms with Gasteiger partial charge in [-0.15, -0.1) is 0 Å². The quantitative estimate of drug-likeness (QED) is 0.423. The van der Waals surface area contributed by atoms with Crippen LogP contribution in [0.3, 0.4) is 0 Å². The fourth-order valence-electron chi connectivity index (χ4n) is 2.95. The predicted octanol–water partition coefficient (Wildman–Crippen LogP) is 2.56. The highest BCUT2D eigenvalue weighted by Crippen LogP contribution is 2.31. The van der Waals surface area contributed by atoms with Gasteiger partial charge in [0.1, 0.15) is 10.8 Å². The first-order valence-corrected chi connectivity index (χ1v) is 12.3. The Balaban J connectivity index is 1.80. The highest BCUT2D eigenvalue weighted by molar-refractivity contribution is 7.92. The number of ether oxygens (including phenoxy) is 1. The maximum atomic E-state index is 12.7. The number of anilines is 4. The molecule has 0 aliphatic rings. The zero-order valence-corrected chi connectivity index (χ0v) is 20.0. The second-order valence-electron chi connectivity index (χ2n) is 6.96. The van der Waals surface area contributed by atoms with Gasteiger partial charge >= 0.3 is 0 Å². The van der Waals surface area contributed by atoms with Crippen LogP contribution in [0, 0.1) is 0 Å². The molecular formula is C21H21N5O6S2. The average molecular weight is 504 g/mol. The van der Waals surface area contributed by atoms with E-state index in [1.54, 1.807) is 31.4 Å². The van der Waals surface area contributed by atoms with Crippen molar-refractivity contribution in [3.63, 3.8) is 0 Å². The Morgan fingerprint density at radius 2 is 1.68 bits per heavy atom. The van der Waals surface area contributed by atoms with Crippen LogP contribution in [0.1, 0.15) is 27.8 Å². The molecule has 3 aromatic rings. The molecule has 1 heterocycles. The van der Waals surface area contributed by atoms with Crippen molar-refractivity contribution in [2.24, 2.45) is 5.73 Å². The Kier molecular flexibility index (Phi) is 7.17. The number of nitrogens with zero attached hydrogens (tertiary/aromatic N) is 2. The van der Waals surface area contributed by atoms with Crippen LogP contribution in [0.2, 0.25) is 0 Å². The summed E-state index contributed by atoms with van der Waals surface area (Å²) in [4.78, 5) is 40.4. The summed E-state index contributed by atoms with van der Waals surface area (Å²) >= 11 is 1.01. The molecule has 0 unspecified atom stereocenters. The number of benzene rings is 2. The van der Waals surface area contributed by atoms with Gasteiger partial charge in [0, 0.05) is 18.2 Å². The van der Waals surface area contributed by atoms with Crippen molar-refractivity contribution in [1.29, 1.82) is 0 Å². The van der Waals surface area contributed by atoms with Gasteiger partial charge in [-0.1, -0.05) is 11.3 Å². The van der Waals surface area contributed by atoms with Crippen LogP contribution in [-0.4, -0.2) is 44.5 Å². The second-order valence-corrected chi connectivity index (χ2v) is 9.79. The van der Waals surface area contributed by atoms with Crippen molar-refractivity contribution in [2.45, 2.75) is 6.92 Å². The standard InChI is InChI=1S/C21H21N5O6S2/c1-12(27)26(34(3,30)31)15-8-4-13(5-9-15)19(29)25-20-17(18(22)28)24-21(33-20)23-14-6-10-16(32-2)11-7-14/h4-11H,1-3H3,(H2,22,28)(H,23,24)(H,25,29). The van der Waals surface area contributed by atoms with Crippen LogP contribution in [0.5, 0.6) is 5.75 Å². The lowest BCUT2D eigenvalue weighted by molar-refractivity contribution is -0.115. The molecule has 34 heavy (non-hydrogen) atoms. The normalized spacial score (nSPS) is 10.9. The van der Waals surface area contributed by atoms with E-state index in [0.29, 0.717) is 20.9 Å². The number of aromatic nitrogens is 1. The Labute approximate surface area is 199 Å². The number of carbonyl (C=O) groups excluding carboxylic acids is 3. The van der Waals surface area contributed by atoms with Gasteiger partial charge in [0.15, 0.2) is 10.8 Å². The van der Waals surface area contributed by atoms with Gasteiger partial charge in [-0.3, -0.25) is 14.4 Å². The summed E-state index contributed by atoms with van der Waals surface area (Å²) in [6.45, 7) is 1.12. The predicted molar refractivity (Wildman–Crippen MR) is 129 cm³/mol. The molecule has 3 amide bonds. The van der Waals surface area contributed by atoms with Crippen molar-refractivity contribution in [1.82, 2.24) is 4.98 Å². The van der Waals surface area contributed by atoms with Crippen molar-refractivity contribution < 1.29 is 27.5 Å². The summed E-state index contributed by atoms with van der Waals surface area (Å²) in [5, 5.41) is 6.09. The van der Waals surface area contributed by atoms with E-state index in [9.17, 15) is 22.8 Å². The fraction of sp³-hybridized carbons (Fsp3) is 0.143.